The van der Waals surface area contributed by atoms with Gasteiger partial charge >= 0.3 is 5.69 Å². The number of benzene rings is 2. The van der Waals surface area contributed by atoms with Crippen molar-refractivity contribution in [3.63, 3.8) is 0 Å². The lowest BCUT2D eigenvalue weighted by Gasteiger charge is -2.57. The molecule has 1 spiro atoms. The molecule has 3 N–H and O–H groups in total. The normalized spacial score (nSPS) is 26.6. The van der Waals surface area contributed by atoms with Crippen molar-refractivity contribution in [1.82, 2.24) is 20.2 Å². The van der Waals surface area contributed by atoms with Crippen molar-refractivity contribution in [3.05, 3.63) is 85.7 Å². The summed E-state index contributed by atoms with van der Waals surface area (Å²) < 4.78 is 6.44. The first-order valence-electron chi connectivity index (χ1n) is 13.6. The van der Waals surface area contributed by atoms with Crippen LogP contribution in [0, 0.1) is 5.92 Å². The van der Waals surface area contributed by atoms with E-state index in [1.54, 1.807) is 0 Å². The standard InChI is InChI=1S/C30H30N4O5/c1-34-13-11-30-21-8-9-23(35)26(30)39-25-19(7-6-18(24(25)30)14-22(21)34)27(36)31-12-10-16-2-4-17(5-3-16)20-15-32-29(38)33-28(20)37/h2-7,15,21-22,26H,8-14H2,1H3,(H,31,36)(H2,32,33,37,38). The lowest BCUT2D eigenvalue weighted by Crippen LogP contribution is -2.65. The van der Waals surface area contributed by atoms with Gasteiger partial charge in [0.2, 0.25) is 0 Å². The third-order valence-corrected chi connectivity index (χ3v) is 9.43. The molecule has 200 valence electrons. The van der Waals surface area contributed by atoms with Gasteiger partial charge in [-0.05, 0) is 68.0 Å². The van der Waals surface area contributed by atoms with Crippen LogP contribution in [0.5, 0.6) is 5.75 Å². The molecule has 1 saturated heterocycles. The number of hydrogen-bond acceptors (Lipinski definition) is 6. The number of nitrogens with zero attached hydrogens (tertiary/aromatic N) is 1. The van der Waals surface area contributed by atoms with Crippen LogP contribution in [-0.4, -0.2) is 58.8 Å². The molecule has 1 saturated carbocycles. The number of nitrogens with one attached hydrogen (secondary N) is 3. The second-order valence-electron chi connectivity index (χ2n) is 11.3. The predicted octanol–water partition coefficient (Wildman–Crippen LogP) is 1.94. The summed E-state index contributed by atoms with van der Waals surface area (Å²) in [5, 5.41) is 3.03. The van der Waals surface area contributed by atoms with Gasteiger partial charge in [0.15, 0.2) is 11.9 Å². The van der Waals surface area contributed by atoms with Gasteiger partial charge < -0.3 is 19.9 Å². The highest BCUT2D eigenvalue weighted by atomic mass is 16.5. The first kappa shape index (κ1) is 24.1. The molecule has 4 aliphatic rings. The zero-order chi connectivity index (χ0) is 26.9. The van der Waals surface area contributed by atoms with E-state index in [4.69, 9.17) is 4.74 Å². The summed E-state index contributed by atoms with van der Waals surface area (Å²) in [7, 11) is 2.18. The van der Waals surface area contributed by atoms with E-state index < -0.39 is 17.4 Å². The van der Waals surface area contributed by atoms with Crippen LogP contribution in [0.25, 0.3) is 11.1 Å². The average Bonchev–Trinajstić information content (AvgIpc) is 3.28. The maximum Gasteiger partial charge on any atom is 0.325 e. The first-order valence-corrected chi connectivity index (χ1v) is 13.6. The molecule has 2 bridgehead atoms. The SMILES string of the molecule is CN1CCC23c4c5ccc(C(=O)NCCc6ccc(-c7c[nH]c(=O)[nH]c7=O)cc6)c4OC2C(=O)CCC3C1C5. The van der Waals surface area contributed by atoms with Gasteiger partial charge in [-0.1, -0.05) is 30.3 Å². The fourth-order valence-corrected chi connectivity index (χ4v) is 7.60. The van der Waals surface area contributed by atoms with Crippen LogP contribution >= 0.6 is 0 Å². The van der Waals surface area contributed by atoms with E-state index in [2.05, 4.69) is 33.3 Å². The third-order valence-electron chi connectivity index (χ3n) is 9.43. The number of amides is 1. The number of aromatic amines is 2. The summed E-state index contributed by atoms with van der Waals surface area (Å²) in [6, 6.07) is 11.8. The smallest absolute Gasteiger partial charge is 0.325 e. The minimum atomic E-state index is -0.542. The van der Waals surface area contributed by atoms with Crippen LogP contribution < -0.4 is 21.3 Å². The maximum atomic E-state index is 13.4. The molecule has 9 heteroatoms. The Morgan fingerprint density at radius 3 is 2.77 bits per heavy atom. The number of carbonyl (C=O) groups is 2. The highest BCUT2D eigenvalue weighted by molar-refractivity contribution is 5.99. The molecule has 9 nitrogen and oxygen atoms in total. The van der Waals surface area contributed by atoms with Gasteiger partial charge in [-0.2, -0.15) is 0 Å². The number of rotatable bonds is 5. The number of ether oxygens (including phenoxy) is 1. The van der Waals surface area contributed by atoms with Gasteiger partial charge in [0, 0.05) is 36.2 Å². The van der Waals surface area contributed by atoms with E-state index in [9.17, 15) is 19.2 Å². The molecule has 4 unspecified atom stereocenters. The Bertz CT molecular complexity index is 1620. The van der Waals surface area contributed by atoms with Crippen molar-refractivity contribution in [2.75, 3.05) is 20.1 Å². The molecule has 1 aromatic heterocycles. The van der Waals surface area contributed by atoms with Crippen molar-refractivity contribution in [3.8, 4) is 16.9 Å². The second kappa shape index (κ2) is 8.77. The fraction of sp³-hybridized carbons (Fsp3) is 0.400. The largest absolute Gasteiger partial charge is 0.481 e. The Balaban J connectivity index is 1.10. The molecule has 0 radical (unpaired) electrons. The molecule has 39 heavy (non-hydrogen) atoms. The number of likely N-dealkylation sites (N-methyl/N-ethyl adjacent to an activating group) is 1. The number of ketones is 1. The summed E-state index contributed by atoms with van der Waals surface area (Å²) in [6.45, 7) is 1.36. The average molecular weight is 527 g/mol. The lowest BCUT2D eigenvalue weighted by molar-refractivity contribution is -0.138. The zero-order valence-electron chi connectivity index (χ0n) is 21.7. The van der Waals surface area contributed by atoms with Crippen molar-refractivity contribution in [2.24, 2.45) is 5.92 Å². The molecule has 3 aromatic rings. The molecule has 7 rings (SSSR count). The van der Waals surface area contributed by atoms with Crippen LogP contribution in [0.2, 0.25) is 0 Å². The van der Waals surface area contributed by atoms with Crippen LogP contribution in [0.3, 0.4) is 0 Å². The van der Waals surface area contributed by atoms with Gasteiger partial charge in [0.1, 0.15) is 5.75 Å². The Kier molecular flexibility index (Phi) is 5.42. The molecular weight excluding hydrogens is 496 g/mol. The van der Waals surface area contributed by atoms with E-state index in [1.807, 2.05) is 30.3 Å². The van der Waals surface area contributed by atoms with Crippen LogP contribution in [0.1, 0.15) is 46.3 Å². The minimum Gasteiger partial charge on any atom is -0.481 e. The van der Waals surface area contributed by atoms with Crippen molar-refractivity contribution in [1.29, 1.82) is 0 Å². The monoisotopic (exact) mass is 526 g/mol. The number of carbonyl (C=O) groups excluding carboxylic acids is 2. The van der Waals surface area contributed by atoms with Crippen molar-refractivity contribution < 1.29 is 14.3 Å². The maximum absolute atomic E-state index is 13.4. The van der Waals surface area contributed by atoms with Gasteiger partial charge in [0.25, 0.3) is 11.5 Å². The van der Waals surface area contributed by atoms with E-state index in [-0.39, 0.29) is 17.1 Å². The number of likely N-dealkylation sites (tertiary alicyclic amines) is 1. The number of Topliss-reactive ketones (excluding diaryl/α,β-unsaturated/α-hetero) is 1. The summed E-state index contributed by atoms with van der Waals surface area (Å²) in [4.78, 5) is 56.9. The molecule has 2 aliphatic carbocycles. The van der Waals surface area contributed by atoms with Crippen LogP contribution in [0.4, 0.5) is 0 Å². The van der Waals surface area contributed by atoms with Gasteiger partial charge in [0.05, 0.1) is 11.1 Å². The van der Waals surface area contributed by atoms with Gasteiger partial charge in [-0.15, -0.1) is 0 Å². The van der Waals surface area contributed by atoms with E-state index in [0.717, 1.165) is 36.9 Å². The minimum absolute atomic E-state index is 0.164. The molecule has 2 fully saturated rings. The molecule has 1 amide bonds. The fourth-order valence-electron chi connectivity index (χ4n) is 7.60. The van der Waals surface area contributed by atoms with E-state index in [1.165, 1.54) is 11.8 Å². The molecule has 2 aliphatic heterocycles. The Morgan fingerprint density at radius 1 is 1.15 bits per heavy atom. The van der Waals surface area contributed by atoms with E-state index in [0.29, 0.717) is 53.8 Å². The number of H-pyrrole nitrogens is 2. The van der Waals surface area contributed by atoms with Crippen molar-refractivity contribution >= 4 is 11.7 Å². The predicted molar refractivity (Wildman–Crippen MR) is 144 cm³/mol. The number of aromatic nitrogens is 2. The molecule has 3 heterocycles. The summed E-state index contributed by atoms with van der Waals surface area (Å²) >= 11 is 0. The quantitative estimate of drug-likeness (QED) is 0.467. The topological polar surface area (TPSA) is 124 Å². The van der Waals surface area contributed by atoms with E-state index >= 15 is 0 Å². The van der Waals surface area contributed by atoms with Crippen molar-refractivity contribution in [2.45, 2.75) is 49.7 Å². The summed E-state index contributed by atoms with van der Waals surface area (Å²) in [5.74, 6) is 0.963. The third kappa shape index (κ3) is 3.56. The Hall–Kier alpha value is -3.98. The highest BCUT2D eigenvalue weighted by Gasteiger charge is 2.65. The number of piperidine rings is 1. The van der Waals surface area contributed by atoms with Crippen LogP contribution in [-0.2, 0) is 23.1 Å². The molecule has 2 aromatic carbocycles. The van der Waals surface area contributed by atoms with Gasteiger partial charge in [-0.25, -0.2) is 4.79 Å². The molecule has 4 atom stereocenters. The first-order chi connectivity index (χ1) is 18.9. The Labute approximate surface area is 224 Å². The highest BCUT2D eigenvalue weighted by Crippen LogP contribution is 2.61. The summed E-state index contributed by atoms with van der Waals surface area (Å²) in [6.07, 6.45) is 4.77. The molecular formula is C30H30N4O5. The van der Waals surface area contributed by atoms with Gasteiger partial charge in [-0.3, -0.25) is 19.4 Å². The Morgan fingerprint density at radius 2 is 1.97 bits per heavy atom. The number of hydrogen-bond donors (Lipinski definition) is 3. The zero-order valence-corrected chi connectivity index (χ0v) is 21.7. The summed E-state index contributed by atoms with van der Waals surface area (Å²) in [5.41, 5.74) is 3.64. The van der Waals surface area contributed by atoms with Crippen LogP contribution in [0.15, 0.2) is 52.2 Å². The lowest BCUT2D eigenvalue weighted by atomic mass is 9.51. The second-order valence-corrected chi connectivity index (χ2v) is 11.3.